The summed E-state index contributed by atoms with van der Waals surface area (Å²) in [5.41, 5.74) is 2.75. The zero-order valence-electron chi connectivity index (χ0n) is 10.9. The van der Waals surface area contributed by atoms with Crippen LogP contribution in [0.5, 0.6) is 5.75 Å². The molecule has 3 heteroatoms. The summed E-state index contributed by atoms with van der Waals surface area (Å²) in [6.07, 6.45) is 0. The molecule has 0 saturated carbocycles. The summed E-state index contributed by atoms with van der Waals surface area (Å²) in [4.78, 5) is 11.5. The molecule has 98 valence electrons. The minimum Gasteiger partial charge on any atom is -0.489 e. The number of hydrogen-bond acceptors (Lipinski definition) is 2. The summed E-state index contributed by atoms with van der Waals surface area (Å²) in [5, 5.41) is 0. The van der Waals surface area contributed by atoms with Crippen molar-refractivity contribution in [1.82, 2.24) is 0 Å². The lowest BCUT2D eigenvalue weighted by Gasteiger charge is -2.11. The molecule has 0 aliphatic heterocycles. The summed E-state index contributed by atoms with van der Waals surface area (Å²) < 4.78 is 6.53. The van der Waals surface area contributed by atoms with E-state index in [0.29, 0.717) is 12.2 Å². The van der Waals surface area contributed by atoms with Crippen molar-refractivity contribution in [3.8, 4) is 5.75 Å². The molecule has 0 radical (unpaired) electrons. The van der Waals surface area contributed by atoms with E-state index < -0.39 is 0 Å². The van der Waals surface area contributed by atoms with Gasteiger partial charge in [0.1, 0.15) is 12.4 Å². The fourth-order valence-corrected chi connectivity index (χ4v) is 2.80. The molecule has 19 heavy (non-hydrogen) atoms. The second kappa shape index (κ2) is 6.02. The van der Waals surface area contributed by atoms with Crippen LogP contribution in [0.3, 0.4) is 0 Å². The number of Topliss-reactive ketones (excluding diaryl/α,β-unsaturated/α-hetero) is 1. The number of hydrogen-bond donors (Lipinski definition) is 0. The number of ketones is 1. The van der Waals surface area contributed by atoms with Gasteiger partial charge in [-0.15, -0.1) is 0 Å². The molecular formula is C16H15BrO2. The second-order valence-electron chi connectivity index (χ2n) is 4.43. The van der Waals surface area contributed by atoms with Crippen molar-refractivity contribution in [2.75, 3.05) is 0 Å². The molecule has 0 bridgehead atoms. The van der Waals surface area contributed by atoms with Crippen molar-refractivity contribution in [2.24, 2.45) is 0 Å². The van der Waals surface area contributed by atoms with Gasteiger partial charge in [0.25, 0.3) is 0 Å². The van der Waals surface area contributed by atoms with Gasteiger partial charge in [0.2, 0.25) is 0 Å². The lowest BCUT2D eigenvalue weighted by molar-refractivity contribution is 0.101. The second-order valence-corrected chi connectivity index (χ2v) is 5.28. The molecule has 0 aliphatic carbocycles. The number of benzene rings is 2. The highest BCUT2D eigenvalue weighted by atomic mass is 79.9. The predicted octanol–water partition coefficient (Wildman–Crippen LogP) is 4.54. The maximum atomic E-state index is 11.5. The van der Waals surface area contributed by atoms with E-state index in [0.717, 1.165) is 21.3 Å². The van der Waals surface area contributed by atoms with Crippen molar-refractivity contribution in [2.45, 2.75) is 20.5 Å². The Labute approximate surface area is 121 Å². The van der Waals surface area contributed by atoms with Crippen LogP contribution in [-0.4, -0.2) is 5.78 Å². The molecule has 0 aromatic heterocycles. The van der Waals surface area contributed by atoms with Crippen molar-refractivity contribution in [1.29, 1.82) is 0 Å². The number of ether oxygens (including phenoxy) is 1. The van der Waals surface area contributed by atoms with Gasteiger partial charge in [-0.1, -0.05) is 30.3 Å². The predicted molar refractivity (Wildman–Crippen MR) is 79.7 cm³/mol. The van der Waals surface area contributed by atoms with Crippen LogP contribution in [0.2, 0.25) is 0 Å². The topological polar surface area (TPSA) is 26.3 Å². The Balaban J connectivity index is 2.16. The summed E-state index contributed by atoms with van der Waals surface area (Å²) in [5.74, 6) is 0.817. The zero-order chi connectivity index (χ0) is 13.8. The Kier molecular flexibility index (Phi) is 4.38. The average Bonchev–Trinajstić information content (AvgIpc) is 2.36. The first-order valence-corrected chi connectivity index (χ1v) is 6.85. The lowest BCUT2D eigenvalue weighted by atomic mass is 10.1. The van der Waals surface area contributed by atoms with E-state index >= 15 is 0 Å². The number of rotatable bonds is 4. The van der Waals surface area contributed by atoms with E-state index in [1.807, 2.05) is 49.4 Å². The van der Waals surface area contributed by atoms with Crippen LogP contribution in [0, 0.1) is 6.92 Å². The quantitative estimate of drug-likeness (QED) is 0.774. The van der Waals surface area contributed by atoms with Crippen LogP contribution in [0.25, 0.3) is 0 Å². The van der Waals surface area contributed by atoms with Crippen LogP contribution >= 0.6 is 15.9 Å². The van der Waals surface area contributed by atoms with E-state index in [1.54, 1.807) is 6.92 Å². The Morgan fingerprint density at radius 2 is 1.89 bits per heavy atom. The summed E-state index contributed by atoms with van der Waals surface area (Å²) >= 11 is 3.42. The first-order chi connectivity index (χ1) is 9.08. The molecule has 0 fully saturated rings. The molecule has 2 rings (SSSR count). The summed E-state index contributed by atoms with van der Waals surface area (Å²) in [6.45, 7) is 4.00. The third kappa shape index (κ3) is 3.44. The van der Waals surface area contributed by atoms with Crippen molar-refractivity contribution < 1.29 is 9.53 Å². The Morgan fingerprint density at radius 3 is 2.47 bits per heavy atom. The van der Waals surface area contributed by atoms with Gasteiger partial charge in [-0.3, -0.25) is 4.79 Å². The molecule has 0 saturated heterocycles. The van der Waals surface area contributed by atoms with Crippen LogP contribution in [0.15, 0.2) is 46.9 Å². The van der Waals surface area contributed by atoms with Crippen molar-refractivity contribution in [3.63, 3.8) is 0 Å². The molecule has 0 spiro atoms. The van der Waals surface area contributed by atoms with E-state index in [9.17, 15) is 4.79 Å². The van der Waals surface area contributed by atoms with Gasteiger partial charge < -0.3 is 4.74 Å². The highest BCUT2D eigenvalue weighted by Gasteiger charge is 2.11. The molecule has 0 unspecified atom stereocenters. The van der Waals surface area contributed by atoms with Crippen LogP contribution < -0.4 is 4.74 Å². The number of carbonyl (C=O) groups excluding carboxylic acids is 1. The SMILES string of the molecule is CC(=O)c1c(C)cc(OCc2ccccc2)cc1Br. The summed E-state index contributed by atoms with van der Waals surface area (Å²) in [7, 11) is 0. The maximum absolute atomic E-state index is 11.5. The standard InChI is InChI=1S/C16H15BrO2/c1-11-8-14(9-15(17)16(11)12(2)18)19-10-13-6-4-3-5-7-13/h3-9H,10H2,1-2H3. The van der Waals surface area contributed by atoms with Gasteiger partial charge >= 0.3 is 0 Å². The maximum Gasteiger partial charge on any atom is 0.161 e. The molecule has 0 heterocycles. The van der Waals surface area contributed by atoms with Gasteiger partial charge in [0.15, 0.2) is 5.78 Å². The minimum absolute atomic E-state index is 0.0546. The number of aryl methyl sites for hydroxylation is 1. The van der Waals surface area contributed by atoms with E-state index in [2.05, 4.69) is 15.9 Å². The molecule has 0 atom stereocenters. The lowest BCUT2D eigenvalue weighted by Crippen LogP contribution is -2.00. The van der Waals surface area contributed by atoms with Crippen LogP contribution in [-0.2, 0) is 6.61 Å². The van der Waals surface area contributed by atoms with Crippen molar-refractivity contribution in [3.05, 3.63) is 63.6 Å². The van der Waals surface area contributed by atoms with Gasteiger partial charge in [-0.25, -0.2) is 0 Å². The Morgan fingerprint density at radius 1 is 1.21 bits per heavy atom. The first-order valence-electron chi connectivity index (χ1n) is 6.05. The van der Waals surface area contributed by atoms with Crippen LogP contribution in [0.4, 0.5) is 0 Å². The molecule has 0 N–H and O–H groups in total. The Hall–Kier alpha value is -1.61. The van der Waals surface area contributed by atoms with E-state index in [-0.39, 0.29) is 5.78 Å². The number of halogens is 1. The monoisotopic (exact) mass is 318 g/mol. The van der Waals surface area contributed by atoms with Crippen LogP contribution in [0.1, 0.15) is 28.4 Å². The fraction of sp³-hybridized carbons (Fsp3) is 0.188. The molecular weight excluding hydrogens is 304 g/mol. The van der Waals surface area contributed by atoms with E-state index in [1.165, 1.54) is 0 Å². The van der Waals surface area contributed by atoms with Gasteiger partial charge in [0, 0.05) is 10.0 Å². The third-order valence-corrected chi connectivity index (χ3v) is 3.49. The first kappa shape index (κ1) is 13.8. The average molecular weight is 319 g/mol. The Bertz CT molecular complexity index is 568. The molecule has 0 amide bonds. The van der Waals surface area contributed by atoms with Gasteiger partial charge in [0.05, 0.1) is 0 Å². The zero-order valence-corrected chi connectivity index (χ0v) is 12.5. The third-order valence-electron chi connectivity index (χ3n) is 2.86. The molecule has 2 aromatic rings. The molecule has 0 aliphatic rings. The smallest absolute Gasteiger partial charge is 0.161 e. The van der Waals surface area contributed by atoms with Crippen molar-refractivity contribution >= 4 is 21.7 Å². The minimum atomic E-state index is 0.0546. The molecule has 2 aromatic carbocycles. The highest BCUT2D eigenvalue weighted by molar-refractivity contribution is 9.10. The summed E-state index contributed by atoms with van der Waals surface area (Å²) in [6, 6.07) is 13.7. The largest absolute Gasteiger partial charge is 0.489 e. The highest BCUT2D eigenvalue weighted by Crippen LogP contribution is 2.27. The van der Waals surface area contributed by atoms with Gasteiger partial charge in [-0.2, -0.15) is 0 Å². The normalized spacial score (nSPS) is 10.3. The van der Waals surface area contributed by atoms with E-state index in [4.69, 9.17) is 4.74 Å². The molecule has 2 nitrogen and oxygen atoms in total. The van der Waals surface area contributed by atoms with Gasteiger partial charge in [-0.05, 0) is 53.0 Å². The fourth-order valence-electron chi connectivity index (χ4n) is 1.98. The number of carbonyl (C=O) groups is 1.